The fourth-order valence-electron chi connectivity index (χ4n) is 1.97. The van der Waals surface area contributed by atoms with Gasteiger partial charge in [0.1, 0.15) is 0 Å². The second-order valence-corrected chi connectivity index (χ2v) is 7.14. The molecule has 0 saturated carbocycles. The van der Waals surface area contributed by atoms with E-state index in [0.717, 1.165) is 22.3 Å². The van der Waals surface area contributed by atoms with Gasteiger partial charge in [0.15, 0.2) is 0 Å². The highest BCUT2D eigenvalue weighted by molar-refractivity contribution is 8.00. The Balaban J connectivity index is 3.70. The molecule has 0 bridgehead atoms. The van der Waals surface area contributed by atoms with Gasteiger partial charge in [-0.1, -0.05) is 54.4 Å². The lowest BCUT2D eigenvalue weighted by Gasteiger charge is -2.21. The Kier molecular flexibility index (Phi) is 8.69. The maximum Gasteiger partial charge on any atom is 0.00239 e. The topological polar surface area (TPSA) is 0 Å². The van der Waals surface area contributed by atoms with E-state index in [0.29, 0.717) is 0 Å². The Morgan fingerprint density at radius 1 is 0.733 bits per heavy atom. The lowest BCUT2D eigenvalue weighted by molar-refractivity contribution is 0.504. The van der Waals surface area contributed by atoms with Gasteiger partial charge in [-0.3, -0.25) is 0 Å². The molecule has 0 N–H and O–H groups in total. The van der Waals surface area contributed by atoms with Gasteiger partial charge < -0.3 is 0 Å². The van der Waals surface area contributed by atoms with E-state index in [1.807, 2.05) is 0 Å². The minimum absolute atomic E-state index is 0.832. The zero-order chi connectivity index (χ0) is 11.8. The van der Waals surface area contributed by atoms with Crippen LogP contribution in [0.25, 0.3) is 0 Å². The first kappa shape index (κ1) is 15.3. The third-order valence-corrected chi connectivity index (χ3v) is 4.64. The van der Waals surface area contributed by atoms with Gasteiger partial charge in [0.05, 0.1) is 0 Å². The molecule has 0 aromatic heterocycles. The van der Waals surface area contributed by atoms with E-state index in [1.54, 1.807) is 0 Å². The summed E-state index contributed by atoms with van der Waals surface area (Å²) in [5, 5.41) is 1.66. The molecule has 0 amide bonds. The Labute approximate surface area is 102 Å². The van der Waals surface area contributed by atoms with Gasteiger partial charge in [-0.25, -0.2) is 0 Å². The number of hydrogen-bond acceptors (Lipinski definition) is 1. The molecule has 92 valence electrons. The van der Waals surface area contributed by atoms with Gasteiger partial charge in [0, 0.05) is 10.5 Å². The van der Waals surface area contributed by atoms with Crippen molar-refractivity contribution in [3.8, 4) is 0 Å². The standard InChI is InChI=1S/C14H30S/c1-7-11(3)9-13(5)15-14(6)10-12(4)8-2/h11-14H,7-10H2,1-6H3. The molecule has 4 unspecified atom stereocenters. The molecule has 0 spiro atoms. The molecule has 0 rings (SSSR count). The smallest absolute Gasteiger partial charge is 0.00239 e. The van der Waals surface area contributed by atoms with Crippen LogP contribution in [0.1, 0.15) is 67.2 Å². The Hall–Kier alpha value is 0.350. The Morgan fingerprint density at radius 3 is 1.33 bits per heavy atom. The molecule has 0 aliphatic carbocycles. The average Bonchev–Trinajstić information content (AvgIpc) is 2.16. The molecule has 0 aromatic carbocycles. The van der Waals surface area contributed by atoms with Crippen molar-refractivity contribution < 1.29 is 0 Å². The predicted molar refractivity (Wildman–Crippen MR) is 74.7 cm³/mol. The van der Waals surface area contributed by atoms with Crippen LogP contribution >= 0.6 is 11.8 Å². The van der Waals surface area contributed by atoms with Gasteiger partial charge in [0.25, 0.3) is 0 Å². The largest absolute Gasteiger partial charge is 0.156 e. The molecule has 0 saturated heterocycles. The van der Waals surface area contributed by atoms with Crippen molar-refractivity contribution in [2.75, 3.05) is 0 Å². The summed E-state index contributed by atoms with van der Waals surface area (Å²) >= 11 is 2.19. The first-order chi connectivity index (χ1) is 6.99. The lowest BCUT2D eigenvalue weighted by Crippen LogP contribution is -2.11. The van der Waals surface area contributed by atoms with Crippen LogP contribution in [-0.4, -0.2) is 10.5 Å². The number of hydrogen-bond donors (Lipinski definition) is 0. The summed E-state index contributed by atoms with van der Waals surface area (Å²) in [5.41, 5.74) is 0. The molecule has 0 heterocycles. The van der Waals surface area contributed by atoms with E-state index in [2.05, 4.69) is 53.3 Å². The van der Waals surface area contributed by atoms with Crippen LogP contribution in [0.3, 0.4) is 0 Å². The molecule has 0 nitrogen and oxygen atoms in total. The summed E-state index contributed by atoms with van der Waals surface area (Å²) in [6.07, 6.45) is 5.41. The molecule has 0 radical (unpaired) electrons. The Bertz CT molecular complexity index is 128. The van der Waals surface area contributed by atoms with Crippen molar-refractivity contribution in [1.29, 1.82) is 0 Å². The number of rotatable bonds is 8. The molecule has 0 aromatic rings. The molecule has 1 heteroatoms. The first-order valence-electron chi connectivity index (χ1n) is 6.64. The van der Waals surface area contributed by atoms with Crippen molar-refractivity contribution >= 4 is 11.8 Å². The minimum atomic E-state index is 0.832. The van der Waals surface area contributed by atoms with E-state index in [9.17, 15) is 0 Å². The van der Waals surface area contributed by atoms with Crippen molar-refractivity contribution in [3.05, 3.63) is 0 Å². The molecule has 4 atom stereocenters. The predicted octanol–water partition coefficient (Wildman–Crippen LogP) is 5.37. The maximum absolute atomic E-state index is 2.39. The summed E-state index contributed by atoms with van der Waals surface area (Å²) in [6.45, 7) is 14.1. The zero-order valence-corrected chi connectivity index (χ0v) is 12.4. The molecule has 0 fully saturated rings. The lowest BCUT2D eigenvalue weighted by atomic mass is 10.0. The van der Waals surface area contributed by atoms with Crippen molar-refractivity contribution in [2.24, 2.45) is 11.8 Å². The first-order valence-corrected chi connectivity index (χ1v) is 7.59. The third kappa shape index (κ3) is 8.19. The maximum atomic E-state index is 2.39. The van der Waals surface area contributed by atoms with E-state index in [4.69, 9.17) is 0 Å². The summed E-state index contributed by atoms with van der Waals surface area (Å²) in [5.74, 6) is 1.78. The van der Waals surface area contributed by atoms with Crippen LogP contribution in [-0.2, 0) is 0 Å². The Morgan fingerprint density at radius 2 is 1.07 bits per heavy atom. The van der Waals surface area contributed by atoms with Crippen LogP contribution < -0.4 is 0 Å². The highest BCUT2D eigenvalue weighted by Gasteiger charge is 2.13. The second kappa shape index (κ2) is 8.50. The van der Waals surface area contributed by atoms with Crippen LogP contribution in [0.4, 0.5) is 0 Å². The number of thioether (sulfide) groups is 1. The molecule has 0 aliphatic heterocycles. The summed E-state index contributed by atoms with van der Waals surface area (Å²) in [4.78, 5) is 0. The van der Waals surface area contributed by atoms with Crippen LogP contribution in [0.5, 0.6) is 0 Å². The van der Waals surface area contributed by atoms with Gasteiger partial charge in [0.2, 0.25) is 0 Å². The normalized spacial score (nSPS) is 19.6. The fourth-order valence-corrected chi connectivity index (χ4v) is 3.65. The average molecular weight is 230 g/mol. The fraction of sp³-hybridized carbons (Fsp3) is 1.00. The van der Waals surface area contributed by atoms with Crippen molar-refractivity contribution in [3.63, 3.8) is 0 Å². The molecular weight excluding hydrogens is 200 g/mol. The second-order valence-electron chi connectivity index (χ2n) is 5.26. The monoisotopic (exact) mass is 230 g/mol. The SMILES string of the molecule is CCC(C)CC(C)SC(C)CC(C)CC. The highest BCUT2D eigenvalue weighted by atomic mass is 32.2. The molecule has 15 heavy (non-hydrogen) atoms. The van der Waals surface area contributed by atoms with E-state index in [-0.39, 0.29) is 0 Å². The van der Waals surface area contributed by atoms with Gasteiger partial charge >= 0.3 is 0 Å². The van der Waals surface area contributed by atoms with Gasteiger partial charge in [-0.15, -0.1) is 0 Å². The highest BCUT2D eigenvalue weighted by Crippen LogP contribution is 2.28. The molecule has 0 aliphatic rings. The summed E-state index contributed by atoms with van der Waals surface area (Å²) < 4.78 is 0. The van der Waals surface area contributed by atoms with Crippen LogP contribution in [0.2, 0.25) is 0 Å². The van der Waals surface area contributed by atoms with Crippen LogP contribution in [0.15, 0.2) is 0 Å². The molecular formula is C14H30S. The zero-order valence-electron chi connectivity index (χ0n) is 11.5. The summed E-state index contributed by atoms with van der Waals surface area (Å²) in [7, 11) is 0. The van der Waals surface area contributed by atoms with E-state index in [1.165, 1.54) is 25.7 Å². The van der Waals surface area contributed by atoms with Crippen molar-refractivity contribution in [2.45, 2.75) is 77.7 Å². The third-order valence-electron chi connectivity index (χ3n) is 3.33. The quantitative estimate of drug-likeness (QED) is 0.540. The summed E-state index contributed by atoms with van der Waals surface area (Å²) in [6, 6.07) is 0. The van der Waals surface area contributed by atoms with Crippen molar-refractivity contribution in [1.82, 2.24) is 0 Å². The van der Waals surface area contributed by atoms with E-state index < -0.39 is 0 Å². The van der Waals surface area contributed by atoms with E-state index >= 15 is 0 Å². The van der Waals surface area contributed by atoms with Crippen LogP contribution in [0, 0.1) is 11.8 Å². The van der Waals surface area contributed by atoms with Gasteiger partial charge in [-0.2, -0.15) is 11.8 Å². The minimum Gasteiger partial charge on any atom is -0.156 e. The van der Waals surface area contributed by atoms with Gasteiger partial charge in [-0.05, 0) is 24.7 Å².